The quantitative estimate of drug-likeness (QED) is 0.130. The standard InChI is InChI=1S/C18H26N8O6S/c19-11(1-9-3-20-7-22-9)15(28)26-14(6-33)17(30)24-12(2-10-4-21-8-23-10)16(29)25-13(5-27)18(31)32/h3-4,7-8,11-14,27,33H,1-2,5-6,19H2,(H,20,22)(H,21,23)(H,24,30)(H,25,29)(H,26,28)(H,31,32). The second-order valence-electron chi connectivity index (χ2n) is 7.06. The average molecular weight is 483 g/mol. The molecular formula is C18H26N8O6S. The number of H-pyrrole nitrogens is 2. The van der Waals surface area contributed by atoms with Gasteiger partial charge in [0.15, 0.2) is 0 Å². The number of rotatable bonds is 13. The first-order chi connectivity index (χ1) is 15.7. The lowest BCUT2D eigenvalue weighted by Gasteiger charge is -2.24. The molecule has 2 heterocycles. The zero-order chi connectivity index (χ0) is 24.4. The number of aromatic amines is 2. The first-order valence-corrected chi connectivity index (χ1v) is 10.4. The SMILES string of the molecule is NC(Cc1cnc[nH]1)C(=O)NC(CS)C(=O)NC(Cc1cnc[nH]1)C(=O)NC(CO)C(=O)O. The van der Waals surface area contributed by atoms with E-state index in [1.165, 1.54) is 25.0 Å². The van der Waals surface area contributed by atoms with Crippen LogP contribution in [0, 0.1) is 0 Å². The molecule has 0 aromatic carbocycles. The number of carbonyl (C=O) groups is 4. The van der Waals surface area contributed by atoms with Crippen molar-refractivity contribution in [2.75, 3.05) is 12.4 Å². The van der Waals surface area contributed by atoms with E-state index in [4.69, 9.17) is 15.9 Å². The molecule has 14 nitrogen and oxygen atoms in total. The number of hydrogen-bond acceptors (Lipinski definition) is 9. The predicted octanol–water partition coefficient (Wildman–Crippen LogP) is -3.29. The Kier molecular flexibility index (Phi) is 9.84. The summed E-state index contributed by atoms with van der Waals surface area (Å²) in [5, 5.41) is 25.3. The van der Waals surface area contributed by atoms with Gasteiger partial charge in [-0.1, -0.05) is 0 Å². The largest absolute Gasteiger partial charge is 0.480 e. The minimum atomic E-state index is -1.56. The van der Waals surface area contributed by atoms with Gasteiger partial charge in [0, 0.05) is 42.4 Å². The van der Waals surface area contributed by atoms with Gasteiger partial charge in [-0.3, -0.25) is 14.4 Å². The molecule has 2 rings (SSSR count). The zero-order valence-electron chi connectivity index (χ0n) is 17.4. The number of aliphatic hydroxyl groups excluding tert-OH is 1. The van der Waals surface area contributed by atoms with Crippen LogP contribution in [-0.4, -0.2) is 90.4 Å². The second kappa shape index (κ2) is 12.6. The summed E-state index contributed by atoms with van der Waals surface area (Å²) in [6.45, 7) is -0.838. The van der Waals surface area contributed by atoms with Gasteiger partial charge in [0.1, 0.15) is 18.1 Å². The molecule has 180 valence electrons. The number of hydrogen-bond donors (Lipinski definition) is 9. The third kappa shape index (κ3) is 7.89. The summed E-state index contributed by atoms with van der Waals surface area (Å²) in [5.41, 5.74) is 7.00. The van der Waals surface area contributed by atoms with Crippen LogP contribution in [0.1, 0.15) is 11.4 Å². The fourth-order valence-corrected chi connectivity index (χ4v) is 3.01. The van der Waals surface area contributed by atoms with Crippen molar-refractivity contribution < 1.29 is 29.4 Å². The Hall–Kier alpha value is -3.43. The molecule has 0 aliphatic carbocycles. The molecule has 0 aliphatic rings. The number of nitrogens with two attached hydrogens (primary N) is 1. The molecule has 0 saturated heterocycles. The maximum absolute atomic E-state index is 12.8. The topological polar surface area (TPSA) is 228 Å². The highest BCUT2D eigenvalue weighted by molar-refractivity contribution is 7.80. The van der Waals surface area contributed by atoms with Crippen molar-refractivity contribution in [3.63, 3.8) is 0 Å². The van der Waals surface area contributed by atoms with Crippen LogP contribution in [0.3, 0.4) is 0 Å². The van der Waals surface area contributed by atoms with Crippen LogP contribution in [0.5, 0.6) is 0 Å². The molecule has 9 N–H and O–H groups in total. The Bertz CT molecular complexity index is 923. The highest BCUT2D eigenvalue weighted by Crippen LogP contribution is 2.03. The Labute approximate surface area is 193 Å². The number of aliphatic carboxylic acids is 1. The molecule has 3 amide bonds. The van der Waals surface area contributed by atoms with Crippen molar-refractivity contribution in [2.45, 2.75) is 37.0 Å². The van der Waals surface area contributed by atoms with Gasteiger partial charge in [0.25, 0.3) is 0 Å². The van der Waals surface area contributed by atoms with Gasteiger partial charge in [-0.05, 0) is 0 Å². The fraction of sp³-hybridized carbons (Fsp3) is 0.444. The van der Waals surface area contributed by atoms with Gasteiger partial charge in [-0.15, -0.1) is 0 Å². The monoisotopic (exact) mass is 482 g/mol. The summed E-state index contributed by atoms with van der Waals surface area (Å²) >= 11 is 4.09. The predicted molar refractivity (Wildman–Crippen MR) is 117 cm³/mol. The number of thiol groups is 1. The van der Waals surface area contributed by atoms with E-state index in [1.54, 1.807) is 0 Å². The number of carboxylic acids is 1. The minimum absolute atomic E-state index is 0.0537. The minimum Gasteiger partial charge on any atom is -0.480 e. The van der Waals surface area contributed by atoms with Crippen molar-refractivity contribution in [3.8, 4) is 0 Å². The van der Waals surface area contributed by atoms with E-state index in [9.17, 15) is 19.2 Å². The van der Waals surface area contributed by atoms with E-state index >= 15 is 0 Å². The lowest BCUT2D eigenvalue weighted by molar-refractivity contribution is -0.143. The van der Waals surface area contributed by atoms with Crippen LogP contribution >= 0.6 is 12.6 Å². The van der Waals surface area contributed by atoms with Crippen molar-refractivity contribution in [1.82, 2.24) is 35.9 Å². The highest BCUT2D eigenvalue weighted by Gasteiger charge is 2.30. The summed E-state index contributed by atoms with van der Waals surface area (Å²) in [6.07, 6.45) is 5.88. The number of amides is 3. The average Bonchev–Trinajstić information content (AvgIpc) is 3.48. The number of imidazole rings is 2. The van der Waals surface area contributed by atoms with Crippen LogP contribution in [0.25, 0.3) is 0 Å². The van der Waals surface area contributed by atoms with Crippen LogP contribution in [0.4, 0.5) is 0 Å². The van der Waals surface area contributed by atoms with Crippen molar-refractivity contribution in [1.29, 1.82) is 0 Å². The van der Waals surface area contributed by atoms with Gasteiger partial charge in [-0.2, -0.15) is 12.6 Å². The van der Waals surface area contributed by atoms with Gasteiger partial charge in [-0.25, -0.2) is 14.8 Å². The van der Waals surface area contributed by atoms with Crippen molar-refractivity contribution in [3.05, 3.63) is 36.4 Å². The van der Waals surface area contributed by atoms with E-state index in [-0.39, 0.29) is 18.6 Å². The number of aliphatic hydroxyl groups is 1. The van der Waals surface area contributed by atoms with Gasteiger partial charge in [0.05, 0.1) is 25.3 Å². The molecule has 33 heavy (non-hydrogen) atoms. The zero-order valence-corrected chi connectivity index (χ0v) is 18.3. The molecule has 0 aliphatic heterocycles. The number of nitrogens with one attached hydrogen (secondary N) is 5. The van der Waals surface area contributed by atoms with Crippen LogP contribution < -0.4 is 21.7 Å². The summed E-state index contributed by atoms with van der Waals surface area (Å²) in [6, 6.07) is -4.88. The third-order valence-electron chi connectivity index (χ3n) is 4.56. The van der Waals surface area contributed by atoms with E-state index in [0.717, 1.165) is 0 Å². The maximum atomic E-state index is 12.8. The Morgan fingerprint density at radius 2 is 1.42 bits per heavy atom. The maximum Gasteiger partial charge on any atom is 0.328 e. The molecule has 0 radical (unpaired) electrons. The molecule has 4 atom stereocenters. The molecule has 15 heteroatoms. The Morgan fingerprint density at radius 3 is 1.91 bits per heavy atom. The van der Waals surface area contributed by atoms with E-state index in [0.29, 0.717) is 11.4 Å². The molecular weight excluding hydrogens is 456 g/mol. The normalized spacial score (nSPS) is 14.5. The molecule has 0 spiro atoms. The smallest absolute Gasteiger partial charge is 0.328 e. The van der Waals surface area contributed by atoms with E-state index in [1.807, 2.05) is 0 Å². The van der Waals surface area contributed by atoms with Crippen molar-refractivity contribution in [2.24, 2.45) is 5.73 Å². The lowest BCUT2D eigenvalue weighted by atomic mass is 10.1. The molecule has 2 aromatic rings. The van der Waals surface area contributed by atoms with Crippen molar-refractivity contribution >= 4 is 36.3 Å². The van der Waals surface area contributed by atoms with Gasteiger partial charge < -0.3 is 41.9 Å². The molecule has 0 fully saturated rings. The Morgan fingerprint density at radius 1 is 0.909 bits per heavy atom. The number of aromatic nitrogens is 4. The molecule has 0 saturated carbocycles. The molecule has 4 unspecified atom stereocenters. The number of nitrogens with zero attached hydrogens (tertiary/aromatic N) is 2. The van der Waals surface area contributed by atoms with Crippen LogP contribution in [-0.2, 0) is 32.0 Å². The fourth-order valence-electron chi connectivity index (χ4n) is 2.75. The van der Waals surface area contributed by atoms with Crippen LogP contribution in [0.2, 0.25) is 0 Å². The summed E-state index contributed by atoms with van der Waals surface area (Å²) in [7, 11) is 0. The lowest BCUT2D eigenvalue weighted by Crippen LogP contribution is -2.58. The highest BCUT2D eigenvalue weighted by atomic mass is 32.1. The summed E-state index contributed by atoms with van der Waals surface area (Å²) in [5.74, 6) is -3.73. The Balaban J connectivity index is 2.05. The van der Waals surface area contributed by atoms with E-state index < -0.39 is 54.5 Å². The van der Waals surface area contributed by atoms with Crippen LogP contribution in [0.15, 0.2) is 25.0 Å². The molecule has 0 bridgehead atoms. The molecule has 2 aromatic heterocycles. The second-order valence-corrected chi connectivity index (χ2v) is 7.42. The number of carboxylic acid groups (broad SMARTS) is 1. The summed E-state index contributed by atoms with van der Waals surface area (Å²) < 4.78 is 0. The number of carbonyl (C=O) groups excluding carboxylic acids is 3. The first kappa shape index (κ1) is 25.8. The van der Waals surface area contributed by atoms with E-state index in [2.05, 4.69) is 48.5 Å². The van der Waals surface area contributed by atoms with Gasteiger partial charge in [0.2, 0.25) is 17.7 Å². The van der Waals surface area contributed by atoms with Gasteiger partial charge >= 0.3 is 5.97 Å². The third-order valence-corrected chi connectivity index (χ3v) is 4.92. The first-order valence-electron chi connectivity index (χ1n) is 9.80. The summed E-state index contributed by atoms with van der Waals surface area (Å²) in [4.78, 5) is 62.2.